The summed E-state index contributed by atoms with van der Waals surface area (Å²) < 4.78 is 2.01. The van der Waals surface area contributed by atoms with Crippen LogP contribution in [0.2, 0.25) is 0 Å². The van der Waals surface area contributed by atoms with Gasteiger partial charge in [0.1, 0.15) is 12.4 Å². The Hall–Kier alpha value is -2.02. The summed E-state index contributed by atoms with van der Waals surface area (Å²) in [6.07, 6.45) is 6.91. The Morgan fingerprint density at radius 3 is 2.62 bits per heavy atom. The molecule has 1 aliphatic heterocycles. The standard InChI is InChI=1S/C22H34N6S/c1-18-25-26-21(27(18)2)17-24-22(23-12-7-15-29-3)28-13-10-20(11-14-28)16-19-8-5-4-6-9-19/h4-6,8-9,20H,7,10-17H2,1-3H3,(H,23,24). The van der Waals surface area contributed by atoms with Crippen molar-refractivity contribution in [3.05, 3.63) is 47.5 Å². The van der Waals surface area contributed by atoms with Crippen LogP contribution >= 0.6 is 11.8 Å². The van der Waals surface area contributed by atoms with Gasteiger partial charge in [-0.1, -0.05) is 30.3 Å². The molecule has 2 heterocycles. The number of aliphatic imine (C=N–C) groups is 1. The summed E-state index contributed by atoms with van der Waals surface area (Å²) in [5, 5.41) is 12.0. The molecule has 0 bridgehead atoms. The SMILES string of the molecule is CSCCCNC(=NCc1nnc(C)n1C)N1CCC(Cc2ccccc2)CC1. The van der Waals surface area contributed by atoms with Gasteiger partial charge in [0.05, 0.1) is 0 Å². The first-order chi connectivity index (χ1) is 14.2. The maximum Gasteiger partial charge on any atom is 0.194 e. The normalized spacial score (nSPS) is 15.7. The summed E-state index contributed by atoms with van der Waals surface area (Å²) in [5.41, 5.74) is 1.45. The van der Waals surface area contributed by atoms with Crippen LogP contribution in [0.3, 0.4) is 0 Å². The summed E-state index contributed by atoms with van der Waals surface area (Å²) in [7, 11) is 2.00. The number of nitrogens with one attached hydrogen (secondary N) is 1. The number of thioether (sulfide) groups is 1. The van der Waals surface area contributed by atoms with E-state index in [1.54, 1.807) is 0 Å². The monoisotopic (exact) mass is 414 g/mol. The molecule has 1 saturated heterocycles. The van der Waals surface area contributed by atoms with Crippen LogP contribution in [0.25, 0.3) is 0 Å². The first kappa shape index (κ1) is 21.7. The molecule has 1 aromatic heterocycles. The Bertz CT molecular complexity index is 765. The molecule has 1 aliphatic rings. The summed E-state index contributed by atoms with van der Waals surface area (Å²) in [4.78, 5) is 7.32. The van der Waals surface area contributed by atoms with Crippen molar-refractivity contribution in [1.29, 1.82) is 0 Å². The molecule has 3 rings (SSSR count). The lowest BCUT2D eigenvalue weighted by atomic mass is 9.90. The van der Waals surface area contributed by atoms with Gasteiger partial charge in [0.2, 0.25) is 0 Å². The number of benzene rings is 1. The van der Waals surface area contributed by atoms with Crippen LogP contribution in [0, 0.1) is 12.8 Å². The number of likely N-dealkylation sites (tertiary alicyclic amines) is 1. The van der Waals surface area contributed by atoms with Gasteiger partial charge in [-0.25, -0.2) is 4.99 Å². The van der Waals surface area contributed by atoms with Gasteiger partial charge in [-0.15, -0.1) is 10.2 Å². The van der Waals surface area contributed by atoms with Gasteiger partial charge in [-0.3, -0.25) is 0 Å². The van der Waals surface area contributed by atoms with E-state index >= 15 is 0 Å². The minimum Gasteiger partial charge on any atom is -0.356 e. The predicted octanol–water partition coefficient (Wildman–Crippen LogP) is 3.28. The van der Waals surface area contributed by atoms with E-state index in [0.29, 0.717) is 6.54 Å². The van der Waals surface area contributed by atoms with E-state index in [-0.39, 0.29) is 0 Å². The number of aromatic nitrogens is 3. The van der Waals surface area contributed by atoms with Crippen LogP contribution in [-0.2, 0) is 20.0 Å². The Balaban J connectivity index is 1.58. The number of rotatable bonds is 8. The van der Waals surface area contributed by atoms with Gasteiger partial charge in [0, 0.05) is 26.7 Å². The molecule has 0 radical (unpaired) electrons. The lowest BCUT2D eigenvalue weighted by molar-refractivity contribution is 0.258. The molecular formula is C22H34N6S. The number of aryl methyl sites for hydroxylation is 1. The smallest absolute Gasteiger partial charge is 0.194 e. The zero-order valence-electron chi connectivity index (χ0n) is 18.0. The van der Waals surface area contributed by atoms with Crippen molar-refractivity contribution in [2.75, 3.05) is 31.6 Å². The van der Waals surface area contributed by atoms with Gasteiger partial charge in [0.15, 0.2) is 11.8 Å². The number of hydrogen-bond donors (Lipinski definition) is 1. The second-order valence-electron chi connectivity index (χ2n) is 7.76. The predicted molar refractivity (Wildman–Crippen MR) is 122 cm³/mol. The van der Waals surface area contributed by atoms with Gasteiger partial charge < -0.3 is 14.8 Å². The first-order valence-electron chi connectivity index (χ1n) is 10.6. The van der Waals surface area contributed by atoms with Crippen LogP contribution in [0.15, 0.2) is 35.3 Å². The summed E-state index contributed by atoms with van der Waals surface area (Å²) in [5.74, 6) is 4.77. The van der Waals surface area contributed by atoms with E-state index in [1.807, 2.05) is 30.3 Å². The lowest BCUT2D eigenvalue weighted by Crippen LogP contribution is -2.46. The van der Waals surface area contributed by atoms with Crippen molar-refractivity contribution in [2.24, 2.45) is 18.0 Å². The first-order valence-corrected chi connectivity index (χ1v) is 12.0. The second-order valence-corrected chi connectivity index (χ2v) is 8.74. The molecule has 0 unspecified atom stereocenters. The Morgan fingerprint density at radius 1 is 1.21 bits per heavy atom. The van der Waals surface area contributed by atoms with Crippen molar-refractivity contribution >= 4 is 17.7 Å². The Kier molecular flexibility index (Phi) is 8.40. The maximum absolute atomic E-state index is 4.90. The lowest BCUT2D eigenvalue weighted by Gasteiger charge is -2.34. The minimum atomic E-state index is 0.562. The van der Waals surface area contributed by atoms with E-state index in [2.05, 4.69) is 57.0 Å². The molecule has 1 aromatic carbocycles. The summed E-state index contributed by atoms with van der Waals surface area (Å²) in [6.45, 7) is 5.61. The van der Waals surface area contributed by atoms with Crippen LogP contribution in [0.5, 0.6) is 0 Å². The highest BCUT2D eigenvalue weighted by Gasteiger charge is 2.22. The second kappa shape index (κ2) is 11.2. The van der Waals surface area contributed by atoms with Gasteiger partial charge in [-0.05, 0) is 56.1 Å². The highest BCUT2D eigenvalue weighted by atomic mass is 32.2. The summed E-state index contributed by atoms with van der Waals surface area (Å²) >= 11 is 1.89. The molecule has 1 fully saturated rings. The molecule has 0 spiro atoms. The highest BCUT2D eigenvalue weighted by molar-refractivity contribution is 7.98. The molecule has 0 saturated carbocycles. The zero-order valence-corrected chi connectivity index (χ0v) is 18.8. The third kappa shape index (κ3) is 6.49. The molecule has 2 aromatic rings. The maximum atomic E-state index is 4.90. The average Bonchev–Trinajstić information content (AvgIpc) is 3.07. The van der Waals surface area contributed by atoms with Crippen LogP contribution in [-0.4, -0.2) is 57.3 Å². The fraction of sp³-hybridized carbons (Fsp3) is 0.591. The fourth-order valence-electron chi connectivity index (χ4n) is 3.72. The Labute approximate surface area is 179 Å². The van der Waals surface area contributed by atoms with E-state index in [9.17, 15) is 0 Å². The highest BCUT2D eigenvalue weighted by Crippen LogP contribution is 2.21. The third-order valence-electron chi connectivity index (χ3n) is 5.64. The van der Waals surface area contributed by atoms with E-state index in [0.717, 1.165) is 49.6 Å². The van der Waals surface area contributed by atoms with E-state index < -0.39 is 0 Å². The van der Waals surface area contributed by atoms with Crippen LogP contribution in [0.4, 0.5) is 0 Å². The number of hydrogen-bond acceptors (Lipinski definition) is 4. The van der Waals surface area contributed by atoms with Crippen LogP contribution < -0.4 is 5.32 Å². The largest absolute Gasteiger partial charge is 0.356 e. The number of nitrogens with zero attached hydrogens (tertiary/aromatic N) is 5. The molecule has 0 atom stereocenters. The topological polar surface area (TPSA) is 58.3 Å². The molecule has 158 valence electrons. The van der Waals surface area contributed by atoms with E-state index in [4.69, 9.17) is 4.99 Å². The molecule has 0 aliphatic carbocycles. The number of piperidine rings is 1. The van der Waals surface area contributed by atoms with E-state index in [1.165, 1.54) is 30.6 Å². The third-order valence-corrected chi connectivity index (χ3v) is 6.34. The molecule has 7 heteroatoms. The fourth-order valence-corrected chi connectivity index (χ4v) is 4.15. The molecule has 1 N–H and O–H groups in total. The van der Waals surface area contributed by atoms with Crippen molar-refractivity contribution in [1.82, 2.24) is 25.0 Å². The molecule has 0 amide bonds. The van der Waals surface area contributed by atoms with Crippen molar-refractivity contribution in [3.8, 4) is 0 Å². The van der Waals surface area contributed by atoms with Gasteiger partial charge >= 0.3 is 0 Å². The number of guanidine groups is 1. The average molecular weight is 415 g/mol. The quantitative estimate of drug-likeness (QED) is 0.408. The van der Waals surface area contributed by atoms with Crippen molar-refractivity contribution in [3.63, 3.8) is 0 Å². The Morgan fingerprint density at radius 2 is 1.97 bits per heavy atom. The van der Waals surface area contributed by atoms with Crippen molar-refractivity contribution < 1.29 is 0 Å². The van der Waals surface area contributed by atoms with Crippen molar-refractivity contribution in [2.45, 2.75) is 39.2 Å². The molecule has 6 nitrogen and oxygen atoms in total. The van der Waals surface area contributed by atoms with Gasteiger partial charge in [0.25, 0.3) is 0 Å². The minimum absolute atomic E-state index is 0.562. The molecular weight excluding hydrogens is 380 g/mol. The molecule has 29 heavy (non-hydrogen) atoms. The summed E-state index contributed by atoms with van der Waals surface area (Å²) in [6, 6.07) is 10.9. The van der Waals surface area contributed by atoms with Crippen LogP contribution in [0.1, 0.15) is 36.5 Å². The zero-order chi connectivity index (χ0) is 20.5. The van der Waals surface area contributed by atoms with Gasteiger partial charge in [-0.2, -0.15) is 11.8 Å².